The Morgan fingerprint density at radius 1 is 0.475 bits per heavy atom. The van der Waals surface area contributed by atoms with E-state index in [4.69, 9.17) is 9.05 Å². The molecule has 8 atom stereocenters. The van der Waals surface area contributed by atoms with Crippen molar-refractivity contribution < 1.29 is 9.05 Å². The van der Waals surface area contributed by atoms with Gasteiger partial charge in [0, 0.05) is 30.8 Å². The van der Waals surface area contributed by atoms with Gasteiger partial charge in [-0.2, -0.15) is 0 Å². The minimum absolute atomic E-state index is 0.426. The van der Waals surface area contributed by atoms with Crippen LogP contribution in [0.2, 0.25) is 0 Å². The van der Waals surface area contributed by atoms with Gasteiger partial charge in [0.1, 0.15) is 11.2 Å². The molecule has 0 heterocycles. The van der Waals surface area contributed by atoms with Gasteiger partial charge in [0.15, 0.2) is 0 Å². The van der Waals surface area contributed by atoms with E-state index >= 15 is 0 Å². The van der Waals surface area contributed by atoms with Gasteiger partial charge in [0.25, 0.3) is 0 Å². The lowest BCUT2D eigenvalue weighted by Crippen LogP contribution is -2.46. The summed E-state index contributed by atoms with van der Waals surface area (Å²) in [6.45, 7) is 0. The maximum Gasteiger partial charge on any atom is 0.125 e. The second kappa shape index (κ2) is 10.8. The van der Waals surface area contributed by atoms with Crippen molar-refractivity contribution in [2.75, 3.05) is 0 Å². The summed E-state index contributed by atoms with van der Waals surface area (Å²) in [6, 6.07) is 43.8. The molecule has 0 radical (unpaired) electrons. The van der Waals surface area contributed by atoms with Crippen LogP contribution in [-0.4, -0.2) is 0 Å². The summed E-state index contributed by atoms with van der Waals surface area (Å²) in [6.07, 6.45) is 4.89. The van der Waals surface area contributed by atoms with E-state index in [1.807, 2.05) is 0 Å². The molecule has 0 aliphatic heterocycles. The van der Waals surface area contributed by atoms with Gasteiger partial charge < -0.3 is 9.05 Å². The van der Waals surface area contributed by atoms with Crippen molar-refractivity contribution in [3.8, 4) is 0 Å². The molecule has 0 aromatic heterocycles. The molecule has 2 unspecified atom stereocenters. The highest BCUT2D eigenvalue weighted by Gasteiger charge is 2.65. The molecule has 40 heavy (non-hydrogen) atoms. The zero-order valence-corrected chi connectivity index (χ0v) is 25.1. The van der Waals surface area contributed by atoms with E-state index in [9.17, 15) is 0 Å². The van der Waals surface area contributed by atoms with E-state index in [-0.39, 0.29) is 0 Å². The third-order valence-corrected chi connectivity index (χ3v) is 11.5. The Morgan fingerprint density at radius 3 is 1.27 bits per heavy atom. The normalized spacial score (nSPS) is 27.6. The van der Waals surface area contributed by atoms with Crippen molar-refractivity contribution in [3.05, 3.63) is 144 Å². The Balaban J connectivity index is 1.30. The van der Waals surface area contributed by atoms with Crippen LogP contribution in [0.25, 0.3) is 0 Å². The summed E-state index contributed by atoms with van der Waals surface area (Å²) in [5, 5.41) is 0. The highest BCUT2D eigenvalue weighted by atomic mass is 31.0. The molecular formula is C36H38O2P2. The van der Waals surface area contributed by atoms with Crippen LogP contribution in [0.3, 0.4) is 0 Å². The Morgan fingerprint density at radius 2 is 0.875 bits per heavy atom. The summed E-state index contributed by atoms with van der Waals surface area (Å²) >= 11 is 0. The third kappa shape index (κ3) is 3.91. The molecule has 3 saturated carbocycles. The van der Waals surface area contributed by atoms with Gasteiger partial charge in [0.05, 0.1) is 0 Å². The Hall–Kier alpha value is -2.34. The van der Waals surface area contributed by atoms with Crippen LogP contribution in [0.5, 0.6) is 0 Å². The first-order valence-corrected chi connectivity index (χ1v) is 15.7. The van der Waals surface area contributed by atoms with Crippen molar-refractivity contribution in [3.63, 3.8) is 0 Å². The molecule has 2 bridgehead atoms. The Kier molecular flexibility index (Phi) is 7.18. The van der Waals surface area contributed by atoms with Gasteiger partial charge >= 0.3 is 0 Å². The molecule has 3 aliphatic rings. The molecule has 3 aliphatic carbocycles. The van der Waals surface area contributed by atoms with Crippen molar-refractivity contribution >= 4 is 18.9 Å². The molecule has 7 rings (SSSR count). The van der Waals surface area contributed by atoms with Crippen LogP contribution in [0.4, 0.5) is 0 Å². The van der Waals surface area contributed by atoms with Crippen LogP contribution < -0.4 is 0 Å². The first-order chi connectivity index (χ1) is 19.7. The van der Waals surface area contributed by atoms with Gasteiger partial charge in [-0.15, -0.1) is 0 Å². The predicted octanol–water partition coefficient (Wildman–Crippen LogP) is 8.79. The van der Waals surface area contributed by atoms with Crippen molar-refractivity contribution in [1.29, 1.82) is 0 Å². The average molecular weight is 565 g/mol. The number of rotatable bonds is 8. The van der Waals surface area contributed by atoms with E-state index in [1.165, 1.54) is 47.9 Å². The molecule has 0 amide bonds. The number of hydrogen-bond acceptors (Lipinski definition) is 2. The smallest absolute Gasteiger partial charge is 0.125 e. The van der Waals surface area contributed by atoms with Gasteiger partial charge in [-0.25, -0.2) is 0 Å². The van der Waals surface area contributed by atoms with E-state index in [1.54, 1.807) is 0 Å². The molecule has 204 valence electrons. The molecule has 4 aromatic carbocycles. The third-order valence-electron chi connectivity index (χ3n) is 10.7. The topological polar surface area (TPSA) is 18.5 Å². The maximum atomic E-state index is 6.65. The summed E-state index contributed by atoms with van der Waals surface area (Å²) in [5.41, 5.74) is 4.10. The Labute approximate surface area is 243 Å². The molecule has 4 aromatic rings. The molecular weight excluding hydrogens is 526 g/mol. The van der Waals surface area contributed by atoms with Gasteiger partial charge in [-0.1, -0.05) is 121 Å². The average Bonchev–Trinajstić information content (AvgIpc) is 3.75. The molecule has 0 spiro atoms. The summed E-state index contributed by atoms with van der Waals surface area (Å²) in [5.74, 6) is 3.44. The summed E-state index contributed by atoms with van der Waals surface area (Å²) < 4.78 is 13.3. The van der Waals surface area contributed by atoms with Crippen molar-refractivity contribution in [2.45, 2.75) is 36.9 Å². The van der Waals surface area contributed by atoms with Crippen LogP contribution in [0.1, 0.15) is 47.9 Å². The first kappa shape index (κ1) is 26.6. The summed E-state index contributed by atoms with van der Waals surface area (Å²) in [7, 11) is 5.34. The molecule has 2 nitrogen and oxygen atoms in total. The Bertz CT molecular complexity index is 1330. The van der Waals surface area contributed by atoms with E-state index in [0.717, 1.165) is 0 Å². The fourth-order valence-corrected chi connectivity index (χ4v) is 10.3. The van der Waals surface area contributed by atoms with Gasteiger partial charge in [0.2, 0.25) is 0 Å². The van der Waals surface area contributed by atoms with Crippen molar-refractivity contribution in [1.82, 2.24) is 0 Å². The van der Waals surface area contributed by atoms with Crippen LogP contribution in [0, 0.1) is 35.5 Å². The van der Waals surface area contributed by atoms with E-state index in [0.29, 0.717) is 35.5 Å². The van der Waals surface area contributed by atoms with Crippen molar-refractivity contribution in [2.24, 2.45) is 35.5 Å². The zero-order chi connectivity index (χ0) is 27.2. The minimum atomic E-state index is -0.473. The lowest BCUT2D eigenvalue weighted by Gasteiger charge is -2.48. The second-order valence-electron chi connectivity index (χ2n) is 12.1. The van der Waals surface area contributed by atoms with Gasteiger partial charge in [-0.3, -0.25) is 0 Å². The number of hydrogen-bond donors (Lipinski definition) is 0. The van der Waals surface area contributed by atoms with Gasteiger partial charge in [-0.05, 0) is 71.6 Å². The monoisotopic (exact) mass is 564 g/mol. The fraction of sp³-hybridized carbons (Fsp3) is 0.333. The largest absolute Gasteiger partial charge is 0.350 e. The molecule has 3 fully saturated rings. The van der Waals surface area contributed by atoms with Crippen LogP contribution in [0.15, 0.2) is 121 Å². The fourth-order valence-electron chi connectivity index (χ4n) is 9.45. The minimum Gasteiger partial charge on any atom is -0.350 e. The predicted molar refractivity (Wildman–Crippen MR) is 168 cm³/mol. The highest BCUT2D eigenvalue weighted by molar-refractivity contribution is 7.10. The molecule has 4 heteroatoms. The lowest BCUT2D eigenvalue weighted by molar-refractivity contribution is -0.0198. The molecule has 0 N–H and O–H groups in total. The lowest BCUT2D eigenvalue weighted by atomic mass is 9.61. The second-order valence-corrected chi connectivity index (χ2v) is 12.6. The maximum absolute atomic E-state index is 6.65. The van der Waals surface area contributed by atoms with E-state index < -0.39 is 11.2 Å². The number of benzene rings is 4. The van der Waals surface area contributed by atoms with Crippen LogP contribution in [-0.2, 0) is 20.2 Å². The van der Waals surface area contributed by atoms with E-state index in [2.05, 4.69) is 140 Å². The molecule has 0 saturated heterocycles. The summed E-state index contributed by atoms with van der Waals surface area (Å²) in [4.78, 5) is 0. The number of fused-ring (bicyclic) bond motifs is 5. The quantitative estimate of drug-likeness (QED) is 0.199. The zero-order valence-electron chi connectivity index (χ0n) is 22.8. The highest BCUT2D eigenvalue weighted by Crippen LogP contribution is 2.70. The van der Waals surface area contributed by atoms with Crippen LogP contribution >= 0.6 is 18.9 Å². The standard InChI is InChI=1S/C36H38O2P2/c39-37-35(26-13-5-1-6-14-26,27-15-7-2-8-16-27)32-22-21-30-31-23-25(34(30)32)24-33(31)36(38-40,28-17-9-3-10-18-28)29-19-11-4-12-20-29/h1-20,25,30-34H,21-24,39-40H2/t25-,30+,31-,32-,33-,34+/m1/s1. The first-order valence-electron chi connectivity index (χ1n) is 14.7. The SMILES string of the molecule is POC(c1ccccc1)(c1ccccc1)[C@@H]1C[C@H]2C[C@@H]1[C@@H]1CC[C@@H](C(OP)(c3ccccc3)c3ccccc3)[C@@H]21.